The van der Waals surface area contributed by atoms with Gasteiger partial charge in [0.1, 0.15) is 4.75 Å². The van der Waals surface area contributed by atoms with Crippen molar-refractivity contribution in [1.82, 2.24) is 0 Å². The maximum absolute atomic E-state index is 12.8. The van der Waals surface area contributed by atoms with Gasteiger partial charge in [0.25, 0.3) is 0 Å². The zero-order valence-electron chi connectivity index (χ0n) is 13.6. The first-order chi connectivity index (χ1) is 11.0. The number of sulfone groups is 2. The molecule has 0 bridgehead atoms. The van der Waals surface area contributed by atoms with Gasteiger partial charge in [-0.25, -0.2) is 16.8 Å². The van der Waals surface area contributed by atoms with Gasteiger partial charge in [0.2, 0.25) is 0 Å². The van der Waals surface area contributed by atoms with Crippen LogP contribution in [0.5, 0.6) is 0 Å². The number of carbonyl (C=O) groups excluding carboxylic acids is 1. The third kappa shape index (κ3) is 3.27. The second-order valence-corrected chi connectivity index (χ2v) is 10.5. The summed E-state index contributed by atoms with van der Waals surface area (Å²) in [4.78, 5) is 12.9. The Morgan fingerprint density at radius 2 is 1.29 bits per heavy atom. The molecular formula is C17H18O5S2. The Hall–Kier alpha value is -1.99. The summed E-state index contributed by atoms with van der Waals surface area (Å²) >= 11 is 0. The lowest BCUT2D eigenvalue weighted by Gasteiger charge is -2.23. The predicted molar refractivity (Wildman–Crippen MR) is 91.6 cm³/mol. The zero-order valence-corrected chi connectivity index (χ0v) is 15.2. The molecule has 128 valence electrons. The van der Waals surface area contributed by atoms with Crippen molar-refractivity contribution in [2.45, 2.75) is 28.4 Å². The Morgan fingerprint density at radius 1 is 0.792 bits per heavy atom. The SMILES string of the molecule is CC(C)(C(=O)c1ccc(S(C)(=O)=O)cc1)S(=O)(=O)c1ccccc1. The summed E-state index contributed by atoms with van der Waals surface area (Å²) in [6.07, 6.45) is 1.06. The molecule has 0 spiro atoms. The van der Waals surface area contributed by atoms with Gasteiger partial charge in [-0.3, -0.25) is 4.79 Å². The summed E-state index contributed by atoms with van der Waals surface area (Å²) in [6.45, 7) is 2.70. The fraction of sp³-hybridized carbons (Fsp3) is 0.235. The van der Waals surface area contributed by atoms with E-state index in [0.29, 0.717) is 0 Å². The van der Waals surface area contributed by atoms with Crippen LogP contribution in [-0.2, 0) is 19.7 Å². The molecule has 0 fully saturated rings. The first kappa shape index (κ1) is 18.4. The van der Waals surface area contributed by atoms with Crippen LogP contribution in [0, 0.1) is 0 Å². The summed E-state index contributed by atoms with van der Waals surface area (Å²) in [5.41, 5.74) is 0.145. The fourth-order valence-electron chi connectivity index (χ4n) is 2.22. The van der Waals surface area contributed by atoms with Crippen molar-refractivity contribution in [2.75, 3.05) is 6.26 Å². The van der Waals surface area contributed by atoms with Crippen LogP contribution < -0.4 is 0 Å². The molecule has 0 aromatic heterocycles. The topological polar surface area (TPSA) is 85.3 Å². The average molecular weight is 366 g/mol. The number of ketones is 1. The molecule has 0 aliphatic heterocycles. The van der Waals surface area contributed by atoms with Gasteiger partial charge in [0.05, 0.1) is 9.79 Å². The molecule has 0 aliphatic rings. The van der Waals surface area contributed by atoms with E-state index in [2.05, 4.69) is 0 Å². The molecule has 2 aromatic rings. The molecule has 7 heteroatoms. The first-order valence-electron chi connectivity index (χ1n) is 7.12. The van der Waals surface area contributed by atoms with Crippen molar-refractivity contribution >= 4 is 25.5 Å². The minimum Gasteiger partial charge on any atom is -0.292 e. The molecule has 0 saturated carbocycles. The predicted octanol–water partition coefficient (Wildman–Crippen LogP) is 2.53. The number of Topliss-reactive ketones (excluding diaryl/α,β-unsaturated/α-hetero) is 1. The fourth-order valence-corrected chi connectivity index (χ4v) is 4.31. The van der Waals surface area contributed by atoms with E-state index in [1.807, 2.05) is 0 Å². The smallest absolute Gasteiger partial charge is 0.190 e. The van der Waals surface area contributed by atoms with Crippen molar-refractivity contribution < 1.29 is 21.6 Å². The average Bonchev–Trinajstić information content (AvgIpc) is 2.54. The van der Waals surface area contributed by atoms with Gasteiger partial charge in [-0.15, -0.1) is 0 Å². The Bertz CT molecular complexity index is 955. The molecule has 0 aliphatic carbocycles. The second kappa shape index (κ2) is 6.14. The molecular weight excluding hydrogens is 348 g/mol. The van der Waals surface area contributed by atoms with E-state index < -0.39 is 30.2 Å². The van der Waals surface area contributed by atoms with Gasteiger partial charge in [-0.05, 0) is 38.1 Å². The van der Waals surface area contributed by atoms with Crippen LogP contribution in [-0.4, -0.2) is 33.6 Å². The highest BCUT2D eigenvalue weighted by atomic mass is 32.2. The number of hydrogen-bond donors (Lipinski definition) is 0. The third-order valence-corrected chi connectivity index (χ3v) is 7.37. The number of benzene rings is 2. The van der Waals surface area contributed by atoms with E-state index in [4.69, 9.17) is 0 Å². The minimum atomic E-state index is -3.89. The van der Waals surface area contributed by atoms with Crippen LogP contribution in [0.25, 0.3) is 0 Å². The van der Waals surface area contributed by atoms with Crippen LogP contribution in [0.4, 0.5) is 0 Å². The largest absolute Gasteiger partial charge is 0.292 e. The highest BCUT2D eigenvalue weighted by molar-refractivity contribution is 7.93. The van der Waals surface area contributed by atoms with E-state index in [0.717, 1.165) is 6.26 Å². The lowest BCUT2D eigenvalue weighted by atomic mass is 10.0. The number of carbonyl (C=O) groups is 1. The highest BCUT2D eigenvalue weighted by Crippen LogP contribution is 2.29. The lowest BCUT2D eigenvalue weighted by Crippen LogP contribution is -2.40. The minimum absolute atomic E-state index is 0.0658. The van der Waals surface area contributed by atoms with Crippen molar-refractivity contribution in [3.05, 3.63) is 60.2 Å². The van der Waals surface area contributed by atoms with Crippen LogP contribution in [0.2, 0.25) is 0 Å². The summed E-state index contributed by atoms with van der Waals surface area (Å²) < 4.78 is 46.8. The quantitative estimate of drug-likeness (QED) is 0.759. The molecule has 24 heavy (non-hydrogen) atoms. The van der Waals surface area contributed by atoms with Crippen LogP contribution in [0.1, 0.15) is 24.2 Å². The normalized spacial score (nSPS) is 12.8. The molecule has 0 radical (unpaired) electrons. The molecule has 0 atom stereocenters. The van der Waals surface area contributed by atoms with Gasteiger partial charge < -0.3 is 0 Å². The molecule has 2 rings (SSSR count). The van der Waals surface area contributed by atoms with Crippen LogP contribution in [0.15, 0.2) is 64.4 Å². The maximum Gasteiger partial charge on any atom is 0.190 e. The van der Waals surface area contributed by atoms with Crippen molar-refractivity contribution in [3.8, 4) is 0 Å². The molecule has 2 aromatic carbocycles. The summed E-state index contributed by atoms with van der Waals surface area (Å²) in [6, 6.07) is 13.0. The zero-order chi connectivity index (χ0) is 18.2. The standard InChI is InChI=1S/C17H18O5S2/c1-17(2,24(21,22)15-7-5-4-6-8-15)16(18)13-9-11-14(12-10-13)23(3,19)20/h4-12H,1-3H3. The van der Waals surface area contributed by atoms with Crippen molar-refractivity contribution in [2.24, 2.45) is 0 Å². The molecule has 0 amide bonds. The van der Waals surface area contributed by atoms with Gasteiger partial charge in [0, 0.05) is 11.8 Å². The third-order valence-electron chi connectivity index (χ3n) is 3.82. The van der Waals surface area contributed by atoms with E-state index in [9.17, 15) is 21.6 Å². The first-order valence-corrected chi connectivity index (χ1v) is 10.5. The monoisotopic (exact) mass is 366 g/mol. The molecule has 0 N–H and O–H groups in total. The van der Waals surface area contributed by atoms with Gasteiger partial charge >= 0.3 is 0 Å². The summed E-state index contributed by atoms with van der Waals surface area (Å²) in [5.74, 6) is -0.591. The Labute approximate surface area is 142 Å². The summed E-state index contributed by atoms with van der Waals surface area (Å²) in [5, 5.41) is 0. The Kier molecular flexibility index (Phi) is 4.70. The van der Waals surface area contributed by atoms with Gasteiger partial charge in [0.15, 0.2) is 25.5 Å². The molecule has 5 nitrogen and oxygen atoms in total. The lowest BCUT2D eigenvalue weighted by molar-refractivity contribution is 0.0953. The van der Waals surface area contributed by atoms with Gasteiger partial charge in [-0.1, -0.05) is 30.3 Å². The maximum atomic E-state index is 12.8. The van der Waals surface area contributed by atoms with E-state index in [-0.39, 0.29) is 15.4 Å². The highest BCUT2D eigenvalue weighted by Gasteiger charge is 2.42. The van der Waals surface area contributed by atoms with Crippen LogP contribution >= 0.6 is 0 Å². The molecule has 0 unspecified atom stereocenters. The second-order valence-electron chi connectivity index (χ2n) is 5.95. The number of rotatable bonds is 5. The Morgan fingerprint density at radius 3 is 1.75 bits per heavy atom. The van der Waals surface area contributed by atoms with Crippen molar-refractivity contribution in [3.63, 3.8) is 0 Å². The van der Waals surface area contributed by atoms with E-state index >= 15 is 0 Å². The molecule has 0 heterocycles. The molecule has 0 saturated heterocycles. The van der Waals surface area contributed by atoms with Crippen molar-refractivity contribution in [1.29, 1.82) is 0 Å². The summed E-state index contributed by atoms with van der Waals surface area (Å²) in [7, 11) is -7.27. The number of hydrogen-bond acceptors (Lipinski definition) is 5. The Balaban J connectivity index is 2.44. The van der Waals surface area contributed by atoms with E-state index in [1.165, 1.54) is 50.2 Å². The van der Waals surface area contributed by atoms with Gasteiger partial charge in [-0.2, -0.15) is 0 Å². The van der Waals surface area contributed by atoms with E-state index in [1.54, 1.807) is 18.2 Å². The van der Waals surface area contributed by atoms with Crippen LogP contribution in [0.3, 0.4) is 0 Å².